The number of amides is 1. The number of nitrogens with zero attached hydrogens (tertiary/aromatic N) is 2. The zero-order valence-electron chi connectivity index (χ0n) is 16.4. The predicted octanol–water partition coefficient (Wildman–Crippen LogP) is 5.68. The number of aromatic nitrogens is 1. The Hall–Kier alpha value is -3.35. The number of rotatable bonds is 4. The summed E-state index contributed by atoms with van der Waals surface area (Å²) in [4.78, 5) is 28.6. The van der Waals surface area contributed by atoms with Gasteiger partial charge in [0.1, 0.15) is 0 Å². The molecule has 5 nitrogen and oxygen atoms in total. The molecule has 2 aromatic heterocycles. The van der Waals surface area contributed by atoms with Crippen LogP contribution in [0.3, 0.4) is 0 Å². The highest BCUT2D eigenvalue weighted by atomic mass is 35.5. The molecule has 2 aromatic carbocycles. The van der Waals surface area contributed by atoms with Crippen LogP contribution >= 0.6 is 22.9 Å². The number of fused-ring (bicyclic) bond motifs is 1. The minimum atomic E-state index is -0.785. The zero-order chi connectivity index (χ0) is 21.7. The van der Waals surface area contributed by atoms with E-state index in [-0.39, 0.29) is 11.4 Å². The van der Waals surface area contributed by atoms with Crippen molar-refractivity contribution >= 4 is 51.2 Å². The molecule has 4 aromatic rings. The Morgan fingerprint density at radius 3 is 2.65 bits per heavy atom. The SMILES string of the molecule is Cn1cc(C2C(C(=O)c3cccs3)=C(O)C(=O)N2c2cccc(Cl)c2)c2ccccc21. The maximum atomic E-state index is 13.4. The summed E-state index contributed by atoms with van der Waals surface area (Å²) in [5.41, 5.74) is 2.31. The summed E-state index contributed by atoms with van der Waals surface area (Å²) in [7, 11) is 1.91. The van der Waals surface area contributed by atoms with Crippen molar-refractivity contribution in [3.05, 3.63) is 99.0 Å². The average Bonchev–Trinajstić information content (AvgIpc) is 3.47. The molecule has 1 unspecified atom stereocenters. The van der Waals surface area contributed by atoms with Crippen LogP contribution in [0.4, 0.5) is 5.69 Å². The molecule has 5 rings (SSSR count). The molecule has 1 amide bonds. The number of carbonyl (C=O) groups is 2. The van der Waals surface area contributed by atoms with Gasteiger partial charge in [-0.2, -0.15) is 0 Å². The summed E-state index contributed by atoms with van der Waals surface area (Å²) < 4.78 is 1.95. The number of ketones is 1. The molecule has 3 heterocycles. The van der Waals surface area contributed by atoms with Crippen LogP contribution in [0.5, 0.6) is 0 Å². The van der Waals surface area contributed by atoms with E-state index in [2.05, 4.69) is 0 Å². The van der Waals surface area contributed by atoms with E-state index >= 15 is 0 Å². The number of aryl methyl sites for hydroxylation is 1. The van der Waals surface area contributed by atoms with Gasteiger partial charge in [0, 0.05) is 40.4 Å². The number of hydrogen-bond donors (Lipinski definition) is 1. The zero-order valence-corrected chi connectivity index (χ0v) is 18.0. The van der Waals surface area contributed by atoms with Gasteiger partial charge in [0.25, 0.3) is 5.91 Å². The molecule has 1 atom stereocenters. The first kappa shape index (κ1) is 19.6. The fourth-order valence-electron chi connectivity index (χ4n) is 4.16. The van der Waals surface area contributed by atoms with E-state index in [9.17, 15) is 14.7 Å². The third-order valence-corrected chi connectivity index (χ3v) is 6.61. The largest absolute Gasteiger partial charge is 0.503 e. The van der Waals surface area contributed by atoms with E-state index in [1.165, 1.54) is 16.2 Å². The number of aliphatic hydroxyl groups excluding tert-OH is 1. The fraction of sp³-hybridized carbons (Fsp3) is 0.0833. The molecule has 0 fully saturated rings. The molecule has 0 saturated carbocycles. The molecule has 1 N–H and O–H groups in total. The Kier molecular flexibility index (Phi) is 4.68. The van der Waals surface area contributed by atoms with Crippen molar-refractivity contribution < 1.29 is 14.7 Å². The van der Waals surface area contributed by atoms with Gasteiger partial charge in [-0.1, -0.05) is 41.9 Å². The second-order valence-corrected chi connectivity index (χ2v) is 8.72. The molecule has 0 radical (unpaired) electrons. The van der Waals surface area contributed by atoms with Gasteiger partial charge in [0.15, 0.2) is 5.76 Å². The number of hydrogen-bond acceptors (Lipinski definition) is 4. The lowest BCUT2D eigenvalue weighted by Crippen LogP contribution is -2.31. The van der Waals surface area contributed by atoms with Crippen LogP contribution in [0.15, 0.2) is 83.6 Å². The second kappa shape index (κ2) is 7.41. The van der Waals surface area contributed by atoms with Crippen molar-refractivity contribution in [3.8, 4) is 0 Å². The normalized spacial score (nSPS) is 16.5. The smallest absolute Gasteiger partial charge is 0.294 e. The number of benzene rings is 2. The standard InChI is InChI=1S/C24H17ClN2O3S/c1-26-13-17(16-8-2-3-9-18(16)26)21-20(22(28)19-10-5-11-31-19)23(29)24(30)27(21)15-7-4-6-14(25)12-15/h2-13,21,29H,1H3. The molecule has 1 aliphatic heterocycles. The van der Waals surface area contributed by atoms with Crippen molar-refractivity contribution in [1.29, 1.82) is 0 Å². The Balaban J connectivity index is 1.77. The lowest BCUT2D eigenvalue weighted by atomic mass is 9.94. The van der Waals surface area contributed by atoms with Crippen LogP contribution in [0.1, 0.15) is 21.3 Å². The predicted molar refractivity (Wildman–Crippen MR) is 123 cm³/mol. The number of halogens is 1. The Bertz CT molecular complexity index is 1370. The van der Waals surface area contributed by atoms with Crippen molar-refractivity contribution in [2.75, 3.05) is 4.90 Å². The van der Waals surface area contributed by atoms with Gasteiger partial charge in [-0.3, -0.25) is 14.5 Å². The lowest BCUT2D eigenvalue weighted by Gasteiger charge is -2.26. The van der Waals surface area contributed by atoms with Crippen molar-refractivity contribution in [3.63, 3.8) is 0 Å². The number of aliphatic hydroxyl groups is 1. The maximum absolute atomic E-state index is 13.4. The average molecular weight is 449 g/mol. The summed E-state index contributed by atoms with van der Waals surface area (Å²) in [6, 6.07) is 17.3. The minimum absolute atomic E-state index is 0.0729. The highest BCUT2D eigenvalue weighted by Crippen LogP contribution is 2.45. The van der Waals surface area contributed by atoms with Crippen LogP contribution in [0, 0.1) is 0 Å². The van der Waals surface area contributed by atoms with E-state index in [0.717, 1.165) is 16.5 Å². The highest BCUT2D eigenvalue weighted by molar-refractivity contribution is 7.12. The Labute approximate surface area is 187 Å². The summed E-state index contributed by atoms with van der Waals surface area (Å²) in [5.74, 6) is -1.51. The third kappa shape index (κ3) is 3.07. The maximum Gasteiger partial charge on any atom is 0.294 e. The molecule has 0 bridgehead atoms. The number of carbonyl (C=O) groups excluding carboxylic acids is 2. The van der Waals surface area contributed by atoms with Crippen molar-refractivity contribution in [2.24, 2.45) is 7.05 Å². The van der Waals surface area contributed by atoms with Crippen LogP contribution in [0.2, 0.25) is 5.02 Å². The van der Waals surface area contributed by atoms with E-state index in [0.29, 0.717) is 15.6 Å². The monoisotopic (exact) mass is 448 g/mol. The lowest BCUT2D eigenvalue weighted by molar-refractivity contribution is -0.117. The van der Waals surface area contributed by atoms with Crippen LogP contribution in [0.25, 0.3) is 10.9 Å². The molecule has 0 saturated heterocycles. The summed E-state index contributed by atoms with van der Waals surface area (Å²) >= 11 is 7.47. The molecular weight excluding hydrogens is 432 g/mol. The van der Waals surface area contributed by atoms with E-state index in [1.54, 1.807) is 41.8 Å². The molecule has 0 aliphatic carbocycles. The van der Waals surface area contributed by atoms with Gasteiger partial charge in [-0.25, -0.2) is 0 Å². The number of thiophene rings is 1. The van der Waals surface area contributed by atoms with Crippen LogP contribution in [-0.2, 0) is 11.8 Å². The molecular formula is C24H17ClN2O3S. The van der Waals surface area contributed by atoms with Gasteiger partial charge < -0.3 is 9.67 Å². The first-order chi connectivity index (χ1) is 15.0. The fourth-order valence-corrected chi connectivity index (χ4v) is 5.02. The van der Waals surface area contributed by atoms with Gasteiger partial charge in [0.2, 0.25) is 5.78 Å². The molecule has 7 heteroatoms. The Morgan fingerprint density at radius 1 is 1.10 bits per heavy atom. The second-order valence-electron chi connectivity index (χ2n) is 7.34. The quantitative estimate of drug-likeness (QED) is 0.409. The van der Waals surface area contributed by atoms with Gasteiger partial charge in [-0.15, -0.1) is 11.3 Å². The van der Waals surface area contributed by atoms with Crippen molar-refractivity contribution in [1.82, 2.24) is 4.57 Å². The molecule has 1 aliphatic rings. The van der Waals surface area contributed by atoms with Crippen molar-refractivity contribution in [2.45, 2.75) is 6.04 Å². The van der Waals surface area contributed by atoms with Gasteiger partial charge >= 0.3 is 0 Å². The van der Waals surface area contributed by atoms with Crippen LogP contribution in [-0.4, -0.2) is 21.4 Å². The Morgan fingerprint density at radius 2 is 1.90 bits per heavy atom. The molecule has 31 heavy (non-hydrogen) atoms. The van der Waals surface area contributed by atoms with Gasteiger partial charge in [0.05, 0.1) is 16.5 Å². The minimum Gasteiger partial charge on any atom is -0.503 e. The molecule has 154 valence electrons. The summed E-state index contributed by atoms with van der Waals surface area (Å²) in [5, 5.41) is 14.0. The first-order valence-corrected chi connectivity index (χ1v) is 10.9. The summed E-state index contributed by atoms with van der Waals surface area (Å²) in [6.45, 7) is 0. The van der Waals surface area contributed by atoms with Crippen LogP contribution < -0.4 is 4.90 Å². The summed E-state index contributed by atoms with van der Waals surface area (Å²) in [6.07, 6.45) is 1.90. The number of anilines is 1. The number of Topliss-reactive ketones (excluding diaryl/α,β-unsaturated/α-hetero) is 1. The first-order valence-electron chi connectivity index (χ1n) is 9.62. The third-order valence-electron chi connectivity index (χ3n) is 5.51. The van der Waals surface area contributed by atoms with E-state index in [4.69, 9.17) is 11.6 Å². The molecule has 0 spiro atoms. The van der Waals surface area contributed by atoms with E-state index in [1.807, 2.05) is 42.1 Å². The highest BCUT2D eigenvalue weighted by Gasteiger charge is 2.45. The van der Waals surface area contributed by atoms with E-state index < -0.39 is 17.7 Å². The van der Waals surface area contributed by atoms with Gasteiger partial charge in [-0.05, 0) is 35.7 Å². The number of para-hydroxylation sites is 1. The topological polar surface area (TPSA) is 62.5 Å².